The van der Waals surface area contributed by atoms with E-state index in [2.05, 4.69) is 25.5 Å². The topological polar surface area (TPSA) is 127 Å². The lowest BCUT2D eigenvalue weighted by atomic mass is 10.1. The minimum absolute atomic E-state index is 0.0182. The summed E-state index contributed by atoms with van der Waals surface area (Å²) in [5, 5.41) is 10.8. The highest BCUT2D eigenvalue weighted by Crippen LogP contribution is 2.20. The van der Waals surface area contributed by atoms with E-state index in [4.69, 9.17) is 4.52 Å². The molecule has 32 heavy (non-hydrogen) atoms. The molecular formula is C20H20FN5O5S. The average molecular weight is 461 g/mol. The second-order valence-corrected chi connectivity index (χ2v) is 7.55. The van der Waals surface area contributed by atoms with Gasteiger partial charge in [-0.3, -0.25) is 10.1 Å². The summed E-state index contributed by atoms with van der Waals surface area (Å²) in [5.41, 5.74) is 0.970. The molecule has 2 N–H and O–H groups in total. The highest BCUT2D eigenvalue weighted by molar-refractivity contribution is 7.13. The minimum Gasteiger partial charge on any atom is -0.464 e. The maximum Gasteiger partial charge on any atom is 0.361 e. The Kier molecular flexibility index (Phi) is 7.15. The smallest absolute Gasteiger partial charge is 0.361 e. The summed E-state index contributed by atoms with van der Waals surface area (Å²) in [5.74, 6) is -1.45. The van der Waals surface area contributed by atoms with Gasteiger partial charge in [0.05, 0.1) is 19.3 Å². The Labute approximate surface area is 186 Å². The second-order valence-electron chi connectivity index (χ2n) is 6.70. The van der Waals surface area contributed by atoms with Crippen LogP contribution in [0.3, 0.4) is 0 Å². The first-order valence-electron chi connectivity index (χ1n) is 9.32. The monoisotopic (exact) mass is 461 g/mol. The molecule has 0 saturated heterocycles. The molecule has 0 saturated carbocycles. The van der Waals surface area contributed by atoms with Crippen molar-refractivity contribution in [2.45, 2.75) is 20.0 Å². The molecule has 10 nitrogen and oxygen atoms in total. The van der Waals surface area contributed by atoms with Crippen molar-refractivity contribution >= 4 is 34.4 Å². The summed E-state index contributed by atoms with van der Waals surface area (Å²) in [4.78, 5) is 42.3. The molecule has 0 bridgehead atoms. The van der Waals surface area contributed by atoms with Crippen LogP contribution in [0.2, 0.25) is 0 Å². The molecule has 2 aromatic heterocycles. The quantitative estimate of drug-likeness (QED) is 0.518. The van der Waals surface area contributed by atoms with Crippen molar-refractivity contribution < 1.29 is 28.0 Å². The summed E-state index contributed by atoms with van der Waals surface area (Å²) < 4.78 is 22.8. The van der Waals surface area contributed by atoms with Crippen LogP contribution in [0, 0.1) is 12.7 Å². The summed E-state index contributed by atoms with van der Waals surface area (Å²) in [7, 11) is 2.72. The molecule has 0 aliphatic carbocycles. The fourth-order valence-corrected chi connectivity index (χ4v) is 3.47. The maximum absolute atomic E-state index is 13.2. The van der Waals surface area contributed by atoms with Crippen LogP contribution >= 0.6 is 11.3 Å². The van der Waals surface area contributed by atoms with Crippen LogP contribution in [0.5, 0.6) is 0 Å². The van der Waals surface area contributed by atoms with E-state index in [1.165, 1.54) is 49.5 Å². The molecule has 168 valence electrons. The molecular weight excluding hydrogens is 441 g/mol. The van der Waals surface area contributed by atoms with Crippen LogP contribution < -0.4 is 10.6 Å². The third kappa shape index (κ3) is 5.46. The second kappa shape index (κ2) is 10.0. The first-order valence-corrected chi connectivity index (χ1v) is 10.2. The summed E-state index contributed by atoms with van der Waals surface area (Å²) in [6.07, 6.45) is 0. The van der Waals surface area contributed by atoms with Gasteiger partial charge in [0.25, 0.3) is 5.91 Å². The number of ether oxygens (including phenoxy) is 1. The number of hydrogen-bond donors (Lipinski definition) is 2. The molecule has 2 heterocycles. The van der Waals surface area contributed by atoms with Crippen LogP contribution in [0.15, 0.2) is 34.2 Å². The van der Waals surface area contributed by atoms with Crippen molar-refractivity contribution in [3.8, 4) is 0 Å². The van der Waals surface area contributed by atoms with Crippen molar-refractivity contribution in [1.29, 1.82) is 0 Å². The van der Waals surface area contributed by atoms with Crippen LogP contribution in [0.25, 0.3) is 0 Å². The highest BCUT2D eigenvalue weighted by Gasteiger charge is 2.28. The zero-order chi connectivity index (χ0) is 23.3. The van der Waals surface area contributed by atoms with Crippen molar-refractivity contribution in [2.75, 3.05) is 19.5 Å². The number of aromatic nitrogens is 2. The molecule has 0 unspecified atom stereocenters. The molecule has 0 fully saturated rings. The lowest BCUT2D eigenvalue weighted by molar-refractivity contribution is 0.0581. The number of methoxy groups -OCH3 is 1. The normalized spacial score (nSPS) is 10.5. The van der Waals surface area contributed by atoms with Gasteiger partial charge in [0.2, 0.25) is 5.69 Å². The lowest BCUT2D eigenvalue weighted by Gasteiger charge is -2.15. The standard InChI is InChI=1S/C20H20FN5O5S/c1-11-15(16(25-31-11)18(28)30-3)17(27)26(2)9-14-10-32-20(23-14)24-19(29)22-8-12-5-4-6-13(21)7-12/h4-7,10H,8-9H2,1-3H3,(H2,22,23,24,29). The van der Waals surface area contributed by atoms with Crippen molar-refractivity contribution in [3.63, 3.8) is 0 Å². The van der Waals surface area contributed by atoms with Gasteiger partial charge in [-0.25, -0.2) is 19.0 Å². The van der Waals surface area contributed by atoms with Crippen molar-refractivity contribution in [1.82, 2.24) is 20.4 Å². The van der Waals surface area contributed by atoms with E-state index in [0.29, 0.717) is 16.4 Å². The van der Waals surface area contributed by atoms with Gasteiger partial charge in [0.1, 0.15) is 17.1 Å². The number of rotatable bonds is 7. The number of amides is 3. The summed E-state index contributed by atoms with van der Waals surface area (Å²) in [6, 6.07) is 5.41. The van der Waals surface area contributed by atoms with Gasteiger partial charge in [0, 0.05) is 19.0 Å². The Hall–Kier alpha value is -3.80. The van der Waals surface area contributed by atoms with E-state index >= 15 is 0 Å². The van der Waals surface area contributed by atoms with E-state index in [1.54, 1.807) is 17.5 Å². The van der Waals surface area contributed by atoms with E-state index in [9.17, 15) is 18.8 Å². The number of esters is 1. The molecule has 0 aliphatic rings. The number of carbonyl (C=O) groups is 3. The number of hydrogen-bond acceptors (Lipinski definition) is 8. The number of benzene rings is 1. The van der Waals surface area contributed by atoms with Gasteiger partial charge < -0.3 is 19.5 Å². The first-order chi connectivity index (χ1) is 15.3. The number of anilines is 1. The summed E-state index contributed by atoms with van der Waals surface area (Å²) >= 11 is 1.18. The van der Waals surface area contributed by atoms with Gasteiger partial charge in [-0.1, -0.05) is 17.3 Å². The third-order valence-corrected chi connectivity index (χ3v) is 5.12. The molecule has 0 atom stereocenters. The van der Waals surface area contributed by atoms with Gasteiger partial charge >= 0.3 is 12.0 Å². The number of thiazole rings is 1. The van der Waals surface area contributed by atoms with Crippen LogP contribution in [-0.2, 0) is 17.8 Å². The molecule has 0 spiro atoms. The van der Waals surface area contributed by atoms with Gasteiger partial charge in [-0.2, -0.15) is 0 Å². The minimum atomic E-state index is -0.775. The fraction of sp³-hybridized carbons (Fsp3) is 0.250. The van der Waals surface area contributed by atoms with Crippen LogP contribution in [0.1, 0.15) is 37.9 Å². The zero-order valence-electron chi connectivity index (χ0n) is 17.5. The number of halogens is 1. The predicted octanol–water partition coefficient (Wildman–Crippen LogP) is 2.96. The van der Waals surface area contributed by atoms with Crippen LogP contribution in [-0.4, -0.2) is 47.1 Å². The van der Waals surface area contributed by atoms with Gasteiger partial charge in [0.15, 0.2) is 5.13 Å². The Balaban J connectivity index is 1.57. The maximum atomic E-state index is 13.2. The lowest BCUT2D eigenvalue weighted by Crippen LogP contribution is -2.29. The Morgan fingerprint density at radius 1 is 1.31 bits per heavy atom. The van der Waals surface area contributed by atoms with E-state index < -0.39 is 17.9 Å². The average Bonchev–Trinajstić information content (AvgIpc) is 3.37. The molecule has 1 aromatic carbocycles. The molecule has 0 aliphatic heterocycles. The predicted molar refractivity (Wildman–Crippen MR) is 113 cm³/mol. The molecule has 0 radical (unpaired) electrons. The van der Waals surface area contributed by atoms with E-state index in [-0.39, 0.29) is 35.9 Å². The third-order valence-electron chi connectivity index (χ3n) is 4.32. The number of aryl methyl sites for hydroxylation is 1. The van der Waals surface area contributed by atoms with Crippen molar-refractivity contribution in [3.05, 3.63) is 63.7 Å². The number of nitrogens with one attached hydrogen (secondary N) is 2. The van der Waals surface area contributed by atoms with Crippen LogP contribution in [0.4, 0.5) is 14.3 Å². The Morgan fingerprint density at radius 2 is 2.09 bits per heavy atom. The number of urea groups is 1. The number of carbonyl (C=O) groups excluding carboxylic acids is 3. The van der Waals surface area contributed by atoms with Gasteiger partial charge in [-0.15, -0.1) is 11.3 Å². The molecule has 3 rings (SSSR count). The molecule has 3 amide bonds. The van der Waals surface area contributed by atoms with Gasteiger partial charge in [-0.05, 0) is 24.6 Å². The Morgan fingerprint density at radius 3 is 2.81 bits per heavy atom. The SMILES string of the molecule is COC(=O)c1noc(C)c1C(=O)N(C)Cc1csc(NC(=O)NCc2cccc(F)c2)n1. The van der Waals surface area contributed by atoms with Crippen molar-refractivity contribution in [2.24, 2.45) is 0 Å². The summed E-state index contributed by atoms with van der Waals surface area (Å²) in [6.45, 7) is 1.79. The fourth-order valence-electron chi connectivity index (χ4n) is 2.77. The highest BCUT2D eigenvalue weighted by atomic mass is 32.1. The Bertz CT molecular complexity index is 1150. The van der Waals surface area contributed by atoms with E-state index in [0.717, 1.165) is 0 Å². The number of nitrogens with zero attached hydrogens (tertiary/aromatic N) is 3. The van der Waals surface area contributed by atoms with E-state index in [1.807, 2.05) is 0 Å². The molecule has 3 aromatic rings. The largest absolute Gasteiger partial charge is 0.464 e. The first kappa shape index (κ1) is 22.9. The molecule has 12 heteroatoms. The zero-order valence-corrected chi connectivity index (χ0v) is 18.3.